The van der Waals surface area contributed by atoms with Crippen molar-refractivity contribution in [3.63, 3.8) is 0 Å². The molecule has 1 amide bonds. The van der Waals surface area contributed by atoms with Gasteiger partial charge >= 0.3 is 0 Å². The van der Waals surface area contributed by atoms with Crippen molar-refractivity contribution in [1.82, 2.24) is 5.32 Å². The number of aliphatic hydroxyl groups excluding tert-OH is 4. The highest BCUT2D eigenvalue weighted by Gasteiger charge is 2.53. The van der Waals surface area contributed by atoms with Crippen LogP contribution in [0.3, 0.4) is 0 Å². The number of nitrogens with one attached hydrogen (secondary N) is 1. The Bertz CT molecular complexity index is 2610. The summed E-state index contributed by atoms with van der Waals surface area (Å²) >= 11 is 0. The van der Waals surface area contributed by atoms with E-state index in [1.54, 1.807) is 19.2 Å². The van der Waals surface area contributed by atoms with Gasteiger partial charge in [0.2, 0.25) is 5.91 Å². The second-order valence-electron chi connectivity index (χ2n) is 17.8. The second kappa shape index (κ2) is 16.7. The summed E-state index contributed by atoms with van der Waals surface area (Å²) in [6.07, 6.45) is 2.28. The van der Waals surface area contributed by atoms with E-state index in [4.69, 9.17) is 18.9 Å². The highest BCUT2D eigenvalue weighted by molar-refractivity contribution is 5.97. The van der Waals surface area contributed by atoms with Crippen LogP contribution in [-0.4, -0.2) is 109 Å². The summed E-state index contributed by atoms with van der Waals surface area (Å²) in [5.74, 6) is 0.835. The fourth-order valence-corrected chi connectivity index (χ4v) is 10.5. The van der Waals surface area contributed by atoms with E-state index >= 15 is 0 Å². The predicted molar refractivity (Wildman–Crippen MR) is 230 cm³/mol. The molecule has 1 saturated heterocycles. The number of hydrogen-bond donors (Lipinski definition) is 8. The van der Waals surface area contributed by atoms with E-state index in [0.717, 1.165) is 24.1 Å². The number of carbonyl (C=O) groups excluding carboxylic acids is 1. The van der Waals surface area contributed by atoms with E-state index in [1.165, 1.54) is 36.4 Å². The number of phenols is 2. The monoisotopic (exact) mass is 867 g/mol. The van der Waals surface area contributed by atoms with Gasteiger partial charge in [0.1, 0.15) is 65.2 Å². The molecule has 8 N–H and O–H groups in total. The first-order valence-electron chi connectivity index (χ1n) is 21.6. The average molecular weight is 868 g/mol. The van der Waals surface area contributed by atoms with Gasteiger partial charge in [-0.15, -0.1) is 0 Å². The molecule has 1 aromatic heterocycles. The van der Waals surface area contributed by atoms with E-state index in [1.807, 2.05) is 12.3 Å². The largest absolute Gasteiger partial charge is 0.508 e. The number of aliphatic hydroxyl groups is 5. The number of amides is 1. The van der Waals surface area contributed by atoms with Crippen LogP contribution in [0.15, 0.2) is 80.2 Å². The van der Waals surface area contributed by atoms with Gasteiger partial charge in [0.15, 0.2) is 16.8 Å². The van der Waals surface area contributed by atoms with Gasteiger partial charge in [-0.1, -0.05) is 13.0 Å². The van der Waals surface area contributed by atoms with Gasteiger partial charge in [-0.25, -0.2) is 9.78 Å². The Balaban J connectivity index is 1.11. The topological polar surface area (TPSA) is 244 Å². The molecule has 4 aliphatic heterocycles. The number of phenolic OH excluding ortho intramolecular Hbond substituents is 2. The van der Waals surface area contributed by atoms with E-state index in [-0.39, 0.29) is 47.1 Å². The lowest BCUT2D eigenvalue weighted by Gasteiger charge is -2.49. The number of carbonyl (C=O) groups is 1. The lowest BCUT2D eigenvalue weighted by molar-refractivity contribution is -0.374. The molecule has 1 unspecified atom stereocenters. The Morgan fingerprint density at radius 2 is 1.87 bits per heavy atom. The van der Waals surface area contributed by atoms with Crippen LogP contribution in [-0.2, 0) is 27.4 Å². The molecule has 4 aromatic rings. The molecule has 9 atom stereocenters. The van der Waals surface area contributed by atoms with E-state index < -0.39 is 55.3 Å². The molecule has 0 bridgehead atoms. The fraction of sp³-hybridized carbons (Fsp3) is 0.468. The molecule has 334 valence electrons. The highest BCUT2D eigenvalue weighted by atomic mass is 17.2. The van der Waals surface area contributed by atoms with Crippen LogP contribution < -0.4 is 20.4 Å². The average Bonchev–Trinajstić information content (AvgIpc) is 4.00. The Morgan fingerprint density at radius 3 is 2.63 bits per heavy atom. The number of aliphatic imine (C=N–C) groups is 1. The highest BCUT2D eigenvalue weighted by Crippen LogP contribution is 2.53. The quantitative estimate of drug-likeness (QED) is 0.0709. The number of anilines is 1. The molecular weight excluding hydrogens is 815 g/mol. The van der Waals surface area contributed by atoms with Gasteiger partial charge in [0, 0.05) is 60.8 Å². The minimum atomic E-state index is -2.40. The number of fused-ring (bicyclic) bond motifs is 4. The van der Waals surface area contributed by atoms with Crippen molar-refractivity contribution in [2.45, 2.75) is 107 Å². The van der Waals surface area contributed by atoms with Crippen LogP contribution in [0, 0.1) is 18.8 Å². The van der Waals surface area contributed by atoms with Crippen LogP contribution in [0.5, 0.6) is 17.2 Å². The summed E-state index contributed by atoms with van der Waals surface area (Å²) in [7, 11) is 0. The third-order valence-electron chi connectivity index (χ3n) is 13.8. The lowest BCUT2D eigenvalue weighted by atomic mass is 9.68. The van der Waals surface area contributed by atoms with Crippen molar-refractivity contribution >= 4 is 39.6 Å². The summed E-state index contributed by atoms with van der Waals surface area (Å²) < 4.78 is 13.8. The summed E-state index contributed by atoms with van der Waals surface area (Å²) in [5, 5.41) is 79.8. The van der Waals surface area contributed by atoms with Crippen LogP contribution in [0.4, 0.5) is 5.69 Å². The number of aryl methyl sites for hydroxylation is 1. The summed E-state index contributed by atoms with van der Waals surface area (Å²) in [6.45, 7) is 2.65. The Labute approximate surface area is 362 Å². The zero-order chi connectivity index (χ0) is 44.4. The van der Waals surface area contributed by atoms with Crippen LogP contribution in [0.2, 0.25) is 0 Å². The van der Waals surface area contributed by atoms with Gasteiger partial charge in [0.25, 0.3) is 0 Å². The molecule has 9 rings (SSSR count). The Kier molecular flexibility index (Phi) is 11.4. The smallest absolute Gasteiger partial charge is 0.220 e. The summed E-state index contributed by atoms with van der Waals surface area (Å²) in [5.41, 5.74) is 0.0970. The van der Waals surface area contributed by atoms with Crippen LogP contribution >= 0.6 is 0 Å². The lowest BCUT2D eigenvalue weighted by Crippen LogP contribution is -2.58. The number of benzene rings is 3. The molecule has 1 spiro atoms. The van der Waals surface area contributed by atoms with Crippen molar-refractivity contribution in [3.05, 3.63) is 93.1 Å². The zero-order valence-electron chi connectivity index (χ0n) is 35.1. The minimum Gasteiger partial charge on any atom is -0.508 e. The molecule has 63 heavy (non-hydrogen) atoms. The van der Waals surface area contributed by atoms with Crippen molar-refractivity contribution < 1.29 is 59.5 Å². The third-order valence-corrected chi connectivity index (χ3v) is 13.8. The molecule has 1 aliphatic carbocycles. The van der Waals surface area contributed by atoms with Crippen molar-refractivity contribution in [1.29, 1.82) is 0 Å². The SMILES string of the molecule is CCC1C2=CC=NC2=CN1c1c2c(cc3c(=O)cc(C)oc13)C[C@@H](OOC[C@@](O)(Cc1ccc(O)c3ccc(O)cc13)[C@@H](O)[C@H](O)[C@H](O)CO)[C@]1(CCC[C@@H]([C@@H]3CNC(=O)C3)C1)O2. The number of rotatable bonds is 13. The first kappa shape index (κ1) is 42.9. The van der Waals surface area contributed by atoms with Crippen molar-refractivity contribution in [2.75, 3.05) is 24.7 Å². The summed E-state index contributed by atoms with van der Waals surface area (Å²) in [6, 6.07) is 10.2. The van der Waals surface area contributed by atoms with Crippen LogP contribution in [0.1, 0.15) is 62.3 Å². The molecule has 2 fully saturated rings. The zero-order valence-corrected chi connectivity index (χ0v) is 35.1. The number of allylic oxidation sites excluding steroid dienone is 1. The maximum Gasteiger partial charge on any atom is 0.220 e. The van der Waals surface area contributed by atoms with E-state index in [9.17, 15) is 45.3 Å². The standard InChI is InChI=1S/C47H53N3O13/c1-3-35-31-10-12-48-34(31)21-50(35)41-43-27(14-33-37(54)13-24(2)61-44(33)41)15-39(47(62-43)11-4-5-25(19-47)28-16-40(56)49-20-28)63-60-23-46(59,45(58)42(57)38(55)22-51)18-26-6-9-36(53)30-8-7-29(52)17-32(26)30/h6-10,12-14,17,21,25,28,35,38-39,42,45,51-53,55,57-59H,3-5,11,15-16,18-20,22-23H2,1-2H3,(H,49,56)/t25-,28+,35?,38-,39-,42-,45+,46+,47-/m1/s1. The first-order valence-corrected chi connectivity index (χ1v) is 21.6. The van der Waals surface area contributed by atoms with Crippen LogP contribution in [0.25, 0.3) is 21.7 Å². The number of nitrogens with zero attached hydrogens (tertiary/aromatic N) is 2. The second-order valence-corrected chi connectivity index (χ2v) is 17.8. The molecule has 16 nitrogen and oxygen atoms in total. The van der Waals surface area contributed by atoms with E-state index in [2.05, 4.69) is 22.1 Å². The summed E-state index contributed by atoms with van der Waals surface area (Å²) in [4.78, 5) is 45.2. The fourth-order valence-electron chi connectivity index (χ4n) is 10.5. The van der Waals surface area contributed by atoms with Gasteiger partial charge in [-0.05, 0) is 98.2 Å². The minimum absolute atomic E-state index is 0.0111. The molecule has 16 heteroatoms. The molecule has 1 saturated carbocycles. The van der Waals surface area contributed by atoms with E-state index in [0.29, 0.717) is 82.3 Å². The molecule has 3 aromatic carbocycles. The predicted octanol–water partition coefficient (Wildman–Crippen LogP) is 3.48. The molecular formula is C47H53N3O13. The van der Waals surface area contributed by atoms with Gasteiger partial charge in [-0.2, -0.15) is 0 Å². The first-order chi connectivity index (χ1) is 30.2. The van der Waals surface area contributed by atoms with Crippen molar-refractivity contribution in [3.8, 4) is 17.2 Å². The number of hydrogen-bond acceptors (Lipinski definition) is 15. The van der Waals surface area contributed by atoms with Gasteiger partial charge < -0.3 is 55.1 Å². The number of aromatic hydroxyl groups is 2. The van der Waals surface area contributed by atoms with Gasteiger partial charge in [-0.3, -0.25) is 14.6 Å². The third kappa shape index (κ3) is 7.66. The molecule has 5 aliphatic rings. The normalized spacial score (nSPS) is 26.5. The number of ether oxygens (including phenoxy) is 1. The maximum absolute atomic E-state index is 13.7. The van der Waals surface area contributed by atoms with Crippen molar-refractivity contribution in [2.24, 2.45) is 16.8 Å². The van der Waals surface area contributed by atoms with Gasteiger partial charge in [0.05, 0.1) is 23.7 Å². The molecule has 0 radical (unpaired) electrons. The maximum atomic E-state index is 13.7. The molecule has 5 heterocycles. The Hall–Kier alpha value is -5.33. The Morgan fingerprint density at radius 1 is 1.05 bits per heavy atom.